The summed E-state index contributed by atoms with van der Waals surface area (Å²) in [6.45, 7) is 6.39. The molecule has 1 unspecified atom stereocenters. The van der Waals surface area contributed by atoms with Crippen LogP contribution in [0.25, 0.3) is 0 Å². The van der Waals surface area contributed by atoms with Crippen LogP contribution in [-0.2, 0) is 16.0 Å². The molecule has 5 nitrogen and oxygen atoms in total. The van der Waals surface area contributed by atoms with Crippen LogP contribution in [0.15, 0.2) is 36.4 Å². The van der Waals surface area contributed by atoms with E-state index in [4.69, 9.17) is 4.74 Å². The number of ether oxygens (including phenoxy) is 1. The number of nitrogens with zero attached hydrogens (tertiary/aromatic N) is 1. The van der Waals surface area contributed by atoms with Crippen molar-refractivity contribution in [1.29, 1.82) is 0 Å². The summed E-state index contributed by atoms with van der Waals surface area (Å²) in [6, 6.07) is 9.26. The van der Waals surface area contributed by atoms with Crippen molar-refractivity contribution in [2.75, 3.05) is 16.8 Å². The maximum absolute atomic E-state index is 13.1. The van der Waals surface area contributed by atoms with Crippen LogP contribution in [0.2, 0.25) is 0 Å². The third-order valence-corrected chi connectivity index (χ3v) is 5.02. The van der Waals surface area contributed by atoms with Gasteiger partial charge in [-0.25, -0.2) is 4.39 Å². The number of carbonyl (C=O) groups excluding carboxylic acids is 2. The van der Waals surface area contributed by atoms with E-state index in [1.54, 1.807) is 4.90 Å². The Hall–Kier alpha value is -2.89. The molecular weight excluding hydrogens is 347 g/mol. The number of carbonyl (C=O) groups is 2. The Kier molecular flexibility index (Phi) is 3.94. The number of hydrogen-bond donors (Lipinski definition) is 1. The molecule has 1 atom stereocenters. The largest absolute Gasteiger partial charge is 0.487 e. The number of likely N-dealkylation sites (N-methyl/N-ethyl adjacent to an activating group) is 1. The number of hydrogen-bond acceptors (Lipinski definition) is 3. The molecule has 0 aliphatic carbocycles. The first-order valence-corrected chi connectivity index (χ1v) is 9.03. The molecule has 27 heavy (non-hydrogen) atoms. The third-order valence-electron chi connectivity index (χ3n) is 5.02. The number of benzene rings is 2. The highest BCUT2D eigenvalue weighted by Crippen LogP contribution is 2.45. The summed E-state index contributed by atoms with van der Waals surface area (Å²) in [5.41, 5.74) is 2.61. The highest BCUT2D eigenvalue weighted by molar-refractivity contribution is 6.20. The molecule has 2 aromatic rings. The van der Waals surface area contributed by atoms with Gasteiger partial charge in [0, 0.05) is 35.5 Å². The summed E-state index contributed by atoms with van der Waals surface area (Å²) in [5.74, 6) is -1.29. The smallest absolute Gasteiger partial charge is 0.244 e. The van der Waals surface area contributed by atoms with Crippen LogP contribution < -0.4 is 15.0 Å². The Morgan fingerprint density at radius 2 is 2.00 bits per heavy atom. The SMILES string of the molecule is CCN1C(=O)C(C(=O)Nc2ccc(F)cc2)c2cc3c(cc21)CC(C)(C)O3. The van der Waals surface area contributed by atoms with Gasteiger partial charge in [0.1, 0.15) is 23.1 Å². The normalized spacial score (nSPS) is 19.5. The summed E-state index contributed by atoms with van der Waals surface area (Å²) in [6.07, 6.45) is 0.758. The Labute approximate surface area is 157 Å². The monoisotopic (exact) mass is 368 g/mol. The topological polar surface area (TPSA) is 58.6 Å². The van der Waals surface area contributed by atoms with Crippen LogP contribution in [0.3, 0.4) is 0 Å². The Morgan fingerprint density at radius 3 is 2.67 bits per heavy atom. The lowest BCUT2D eigenvalue weighted by Gasteiger charge is -2.17. The van der Waals surface area contributed by atoms with Crippen molar-refractivity contribution in [2.45, 2.75) is 38.7 Å². The molecule has 6 heteroatoms. The highest BCUT2D eigenvalue weighted by Gasteiger charge is 2.43. The van der Waals surface area contributed by atoms with Gasteiger partial charge in [0.25, 0.3) is 0 Å². The highest BCUT2D eigenvalue weighted by atomic mass is 19.1. The standard InChI is InChI=1S/C21H21FN2O3/c1-4-24-16-9-12-11-21(2,3)27-17(12)10-15(16)18(20(24)26)19(25)23-14-7-5-13(22)6-8-14/h5-10,18H,4,11H2,1-3H3,(H,23,25). The number of anilines is 2. The fourth-order valence-electron chi connectivity index (χ4n) is 3.85. The molecule has 0 saturated heterocycles. The van der Waals surface area contributed by atoms with Gasteiger partial charge in [-0.05, 0) is 57.2 Å². The second-order valence-electron chi connectivity index (χ2n) is 7.57. The van der Waals surface area contributed by atoms with Gasteiger partial charge < -0.3 is 15.0 Å². The molecule has 2 aromatic carbocycles. The molecule has 0 bridgehead atoms. The lowest BCUT2D eigenvalue weighted by atomic mass is 9.96. The second kappa shape index (κ2) is 6.08. The van der Waals surface area contributed by atoms with E-state index in [-0.39, 0.29) is 17.3 Å². The summed E-state index contributed by atoms with van der Waals surface area (Å²) in [5, 5.41) is 2.72. The average Bonchev–Trinajstić information content (AvgIpc) is 3.04. The molecule has 0 saturated carbocycles. The maximum Gasteiger partial charge on any atom is 0.244 e. The van der Waals surface area contributed by atoms with E-state index in [0.29, 0.717) is 17.8 Å². The van der Waals surface area contributed by atoms with Gasteiger partial charge in [0.05, 0.1) is 0 Å². The second-order valence-corrected chi connectivity index (χ2v) is 7.57. The van der Waals surface area contributed by atoms with Crippen molar-refractivity contribution in [1.82, 2.24) is 0 Å². The lowest BCUT2D eigenvalue weighted by molar-refractivity contribution is -0.126. The summed E-state index contributed by atoms with van der Waals surface area (Å²) < 4.78 is 19.1. The minimum absolute atomic E-state index is 0.255. The van der Waals surface area contributed by atoms with Crippen LogP contribution in [0.1, 0.15) is 37.8 Å². The molecule has 0 fully saturated rings. The van der Waals surface area contributed by atoms with Gasteiger partial charge in [-0.1, -0.05) is 0 Å². The van der Waals surface area contributed by atoms with Crippen molar-refractivity contribution in [3.63, 3.8) is 0 Å². The van der Waals surface area contributed by atoms with Crippen molar-refractivity contribution < 1.29 is 18.7 Å². The molecule has 2 aliphatic heterocycles. The van der Waals surface area contributed by atoms with Gasteiger partial charge >= 0.3 is 0 Å². The predicted octanol–water partition coefficient (Wildman–Crippen LogP) is 3.63. The van der Waals surface area contributed by atoms with Crippen LogP contribution in [0.4, 0.5) is 15.8 Å². The quantitative estimate of drug-likeness (QED) is 0.842. The van der Waals surface area contributed by atoms with Crippen molar-refractivity contribution in [2.24, 2.45) is 0 Å². The van der Waals surface area contributed by atoms with Crippen molar-refractivity contribution >= 4 is 23.2 Å². The Bertz CT molecular complexity index is 937. The molecule has 2 heterocycles. The zero-order chi connectivity index (χ0) is 19.3. The molecule has 140 valence electrons. The predicted molar refractivity (Wildman–Crippen MR) is 101 cm³/mol. The van der Waals surface area contributed by atoms with Crippen molar-refractivity contribution in [3.05, 3.63) is 53.3 Å². The first kappa shape index (κ1) is 17.5. The molecule has 4 rings (SSSR count). The average molecular weight is 368 g/mol. The zero-order valence-electron chi connectivity index (χ0n) is 15.5. The van der Waals surface area contributed by atoms with E-state index in [9.17, 15) is 14.0 Å². The zero-order valence-corrected chi connectivity index (χ0v) is 15.5. The lowest BCUT2D eigenvalue weighted by Crippen LogP contribution is -2.33. The maximum atomic E-state index is 13.1. The minimum Gasteiger partial charge on any atom is -0.487 e. The first-order valence-electron chi connectivity index (χ1n) is 9.03. The molecular formula is C21H21FN2O3. The molecule has 0 radical (unpaired) electrons. The van der Waals surface area contributed by atoms with Gasteiger partial charge in [-0.3, -0.25) is 9.59 Å². The molecule has 0 spiro atoms. The van der Waals surface area contributed by atoms with Crippen LogP contribution in [-0.4, -0.2) is 24.0 Å². The van der Waals surface area contributed by atoms with Crippen molar-refractivity contribution in [3.8, 4) is 5.75 Å². The number of rotatable bonds is 3. The van der Waals surface area contributed by atoms with Crippen LogP contribution in [0.5, 0.6) is 5.75 Å². The van der Waals surface area contributed by atoms with Gasteiger partial charge in [-0.15, -0.1) is 0 Å². The summed E-state index contributed by atoms with van der Waals surface area (Å²) in [7, 11) is 0. The third kappa shape index (κ3) is 2.95. The van der Waals surface area contributed by atoms with E-state index in [2.05, 4.69) is 5.32 Å². The molecule has 1 N–H and O–H groups in total. The van der Waals surface area contributed by atoms with E-state index in [1.807, 2.05) is 32.9 Å². The fraction of sp³-hybridized carbons (Fsp3) is 0.333. The van der Waals surface area contributed by atoms with E-state index >= 15 is 0 Å². The van der Waals surface area contributed by atoms with Gasteiger partial charge in [-0.2, -0.15) is 0 Å². The fourth-order valence-corrected chi connectivity index (χ4v) is 3.85. The summed E-state index contributed by atoms with van der Waals surface area (Å²) >= 11 is 0. The Balaban J connectivity index is 1.70. The summed E-state index contributed by atoms with van der Waals surface area (Å²) in [4.78, 5) is 27.4. The number of nitrogens with one attached hydrogen (secondary N) is 1. The first-order chi connectivity index (χ1) is 12.8. The van der Waals surface area contributed by atoms with Crippen LogP contribution >= 0.6 is 0 Å². The van der Waals surface area contributed by atoms with E-state index in [0.717, 1.165) is 23.4 Å². The minimum atomic E-state index is -0.942. The van der Waals surface area contributed by atoms with E-state index in [1.165, 1.54) is 24.3 Å². The van der Waals surface area contributed by atoms with Crippen LogP contribution in [0, 0.1) is 5.82 Å². The molecule has 2 amide bonds. The van der Waals surface area contributed by atoms with E-state index < -0.39 is 11.8 Å². The Morgan fingerprint density at radius 1 is 1.30 bits per heavy atom. The molecule has 0 aromatic heterocycles. The number of halogens is 1. The number of fused-ring (bicyclic) bond motifs is 2. The number of amides is 2. The molecule has 2 aliphatic rings. The van der Waals surface area contributed by atoms with Gasteiger partial charge in [0.15, 0.2) is 0 Å². The van der Waals surface area contributed by atoms with Gasteiger partial charge in [0.2, 0.25) is 11.8 Å².